The van der Waals surface area contributed by atoms with Crippen LogP contribution in [-0.4, -0.2) is 5.91 Å². The van der Waals surface area contributed by atoms with Crippen LogP contribution in [0.2, 0.25) is 0 Å². The first kappa shape index (κ1) is 11.8. The Hall–Kier alpha value is -1.31. The first-order valence-corrected chi connectivity index (χ1v) is 5.58. The smallest absolute Gasteiger partial charge is 0.221 e. The standard InChI is InChI=1S/C13H19NO/c1-2-3-4-5-11-6-8-12(9-7-11)10-13(14)15/h6-9H,2-5,10H2,1H3,(H2,14,15). The zero-order valence-electron chi connectivity index (χ0n) is 9.33. The molecule has 15 heavy (non-hydrogen) atoms. The van der Waals surface area contributed by atoms with Crippen molar-refractivity contribution in [3.05, 3.63) is 35.4 Å². The van der Waals surface area contributed by atoms with Crippen LogP contribution in [0.15, 0.2) is 24.3 Å². The number of primary amides is 1. The number of aryl methyl sites for hydroxylation is 1. The molecule has 0 bridgehead atoms. The van der Waals surface area contributed by atoms with Gasteiger partial charge in [-0.1, -0.05) is 44.0 Å². The van der Waals surface area contributed by atoms with E-state index in [2.05, 4.69) is 19.1 Å². The molecular formula is C13H19NO. The van der Waals surface area contributed by atoms with Crippen LogP contribution in [0, 0.1) is 0 Å². The number of hydrogen-bond donors (Lipinski definition) is 1. The Labute approximate surface area is 91.5 Å². The minimum atomic E-state index is -0.270. The Morgan fingerprint density at radius 1 is 1.13 bits per heavy atom. The Morgan fingerprint density at radius 3 is 2.27 bits per heavy atom. The van der Waals surface area contributed by atoms with E-state index in [4.69, 9.17) is 5.73 Å². The van der Waals surface area contributed by atoms with Gasteiger partial charge in [-0.3, -0.25) is 4.79 Å². The predicted molar refractivity (Wildman–Crippen MR) is 62.6 cm³/mol. The first-order chi connectivity index (χ1) is 7.22. The number of unbranched alkanes of at least 4 members (excludes halogenated alkanes) is 2. The maximum atomic E-state index is 10.7. The lowest BCUT2D eigenvalue weighted by Gasteiger charge is -2.02. The number of benzene rings is 1. The summed E-state index contributed by atoms with van der Waals surface area (Å²) in [4.78, 5) is 10.7. The van der Waals surface area contributed by atoms with Crippen LogP contribution < -0.4 is 5.73 Å². The summed E-state index contributed by atoms with van der Waals surface area (Å²) in [6.07, 6.45) is 5.24. The van der Waals surface area contributed by atoms with E-state index in [0.29, 0.717) is 6.42 Å². The number of carbonyl (C=O) groups excluding carboxylic acids is 1. The van der Waals surface area contributed by atoms with Crippen molar-refractivity contribution < 1.29 is 4.79 Å². The molecule has 2 N–H and O–H groups in total. The number of hydrogen-bond acceptors (Lipinski definition) is 1. The SMILES string of the molecule is CCCCCc1ccc(CC(N)=O)cc1. The second-order valence-electron chi connectivity index (χ2n) is 3.92. The highest BCUT2D eigenvalue weighted by atomic mass is 16.1. The molecule has 1 amide bonds. The Morgan fingerprint density at radius 2 is 1.73 bits per heavy atom. The minimum Gasteiger partial charge on any atom is -0.369 e. The maximum absolute atomic E-state index is 10.7. The van der Waals surface area contributed by atoms with Gasteiger partial charge < -0.3 is 5.73 Å². The van der Waals surface area contributed by atoms with Crippen molar-refractivity contribution in [2.24, 2.45) is 5.73 Å². The largest absolute Gasteiger partial charge is 0.369 e. The quantitative estimate of drug-likeness (QED) is 0.712. The predicted octanol–water partition coefficient (Wildman–Crippen LogP) is 2.45. The molecule has 1 aromatic rings. The average molecular weight is 205 g/mol. The number of rotatable bonds is 6. The van der Waals surface area contributed by atoms with E-state index < -0.39 is 0 Å². The van der Waals surface area contributed by atoms with E-state index in [-0.39, 0.29) is 5.91 Å². The number of carbonyl (C=O) groups is 1. The van der Waals surface area contributed by atoms with Crippen molar-refractivity contribution in [1.29, 1.82) is 0 Å². The van der Waals surface area contributed by atoms with Crippen molar-refractivity contribution in [3.8, 4) is 0 Å². The molecule has 1 aromatic carbocycles. The van der Waals surface area contributed by atoms with Crippen LogP contribution in [0.5, 0.6) is 0 Å². The van der Waals surface area contributed by atoms with E-state index in [1.54, 1.807) is 0 Å². The van der Waals surface area contributed by atoms with Gasteiger partial charge >= 0.3 is 0 Å². The highest BCUT2D eigenvalue weighted by Gasteiger charge is 1.98. The van der Waals surface area contributed by atoms with Crippen LogP contribution in [0.4, 0.5) is 0 Å². The molecule has 0 aliphatic carbocycles. The molecule has 0 heterocycles. The van der Waals surface area contributed by atoms with Crippen LogP contribution >= 0.6 is 0 Å². The van der Waals surface area contributed by atoms with E-state index in [1.807, 2.05) is 12.1 Å². The topological polar surface area (TPSA) is 43.1 Å². The summed E-state index contributed by atoms with van der Waals surface area (Å²) in [6.45, 7) is 2.20. The zero-order chi connectivity index (χ0) is 11.1. The maximum Gasteiger partial charge on any atom is 0.221 e. The average Bonchev–Trinajstić information content (AvgIpc) is 2.20. The molecule has 0 unspecified atom stereocenters. The fraction of sp³-hybridized carbons (Fsp3) is 0.462. The third-order valence-electron chi connectivity index (χ3n) is 2.47. The van der Waals surface area contributed by atoms with Gasteiger partial charge in [0.15, 0.2) is 0 Å². The molecule has 0 radical (unpaired) electrons. The zero-order valence-corrected chi connectivity index (χ0v) is 9.33. The molecule has 0 saturated carbocycles. The third-order valence-corrected chi connectivity index (χ3v) is 2.47. The second kappa shape index (κ2) is 6.23. The van der Waals surface area contributed by atoms with Crippen LogP contribution in [0.25, 0.3) is 0 Å². The van der Waals surface area contributed by atoms with Crippen LogP contribution in [0.1, 0.15) is 37.3 Å². The number of amides is 1. The second-order valence-corrected chi connectivity index (χ2v) is 3.92. The molecular weight excluding hydrogens is 186 g/mol. The fourth-order valence-corrected chi connectivity index (χ4v) is 1.60. The molecule has 0 fully saturated rings. The van der Waals surface area contributed by atoms with E-state index >= 15 is 0 Å². The van der Waals surface area contributed by atoms with Gasteiger partial charge in [-0.05, 0) is 24.0 Å². The normalized spacial score (nSPS) is 10.2. The summed E-state index contributed by atoms with van der Waals surface area (Å²) in [6, 6.07) is 8.17. The van der Waals surface area contributed by atoms with Gasteiger partial charge in [-0.15, -0.1) is 0 Å². The summed E-state index contributed by atoms with van der Waals surface area (Å²) >= 11 is 0. The summed E-state index contributed by atoms with van der Waals surface area (Å²) in [5, 5.41) is 0. The first-order valence-electron chi connectivity index (χ1n) is 5.58. The van der Waals surface area contributed by atoms with Gasteiger partial charge in [0.25, 0.3) is 0 Å². The van der Waals surface area contributed by atoms with Crippen molar-refractivity contribution in [2.75, 3.05) is 0 Å². The molecule has 0 aliphatic rings. The summed E-state index contributed by atoms with van der Waals surface area (Å²) in [7, 11) is 0. The third kappa shape index (κ3) is 4.63. The fourth-order valence-electron chi connectivity index (χ4n) is 1.60. The monoisotopic (exact) mass is 205 g/mol. The van der Waals surface area contributed by atoms with Gasteiger partial charge in [0.05, 0.1) is 6.42 Å². The Kier molecular flexibility index (Phi) is 4.88. The Balaban J connectivity index is 2.45. The highest BCUT2D eigenvalue weighted by molar-refractivity contribution is 5.76. The van der Waals surface area contributed by atoms with Crippen LogP contribution in [0.3, 0.4) is 0 Å². The molecule has 0 aliphatic heterocycles. The van der Waals surface area contributed by atoms with E-state index in [1.165, 1.54) is 24.8 Å². The summed E-state index contributed by atoms with van der Waals surface area (Å²) in [5.74, 6) is -0.270. The van der Waals surface area contributed by atoms with Gasteiger partial charge in [-0.25, -0.2) is 0 Å². The van der Waals surface area contributed by atoms with Crippen molar-refractivity contribution in [3.63, 3.8) is 0 Å². The van der Waals surface area contributed by atoms with E-state index in [0.717, 1.165) is 12.0 Å². The molecule has 0 atom stereocenters. The van der Waals surface area contributed by atoms with E-state index in [9.17, 15) is 4.79 Å². The molecule has 2 heteroatoms. The molecule has 82 valence electrons. The van der Waals surface area contributed by atoms with Crippen LogP contribution in [-0.2, 0) is 17.6 Å². The molecule has 1 rings (SSSR count). The molecule has 0 aromatic heterocycles. The molecule has 0 saturated heterocycles. The summed E-state index contributed by atoms with van der Waals surface area (Å²) in [5.41, 5.74) is 7.47. The minimum absolute atomic E-state index is 0.270. The van der Waals surface area contributed by atoms with Gasteiger partial charge in [0.1, 0.15) is 0 Å². The summed E-state index contributed by atoms with van der Waals surface area (Å²) < 4.78 is 0. The van der Waals surface area contributed by atoms with Gasteiger partial charge in [0, 0.05) is 0 Å². The highest BCUT2D eigenvalue weighted by Crippen LogP contribution is 2.09. The van der Waals surface area contributed by atoms with Crippen molar-refractivity contribution in [2.45, 2.75) is 39.0 Å². The van der Waals surface area contributed by atoms with Crippen molar-refractivity contribution >= 4 is 5.91 Å². The lowest BCUT2D eigenvalue weighted by molar-refractivity contribution is -0.117. The van der Waals surface area contributed by atoms with Gasteiger partial charge in [0.2, 0.25) is 5.91 Å². The number of nitrogens with two attached hydrogens (primary N) is 1. The Bertz CT molecular complexity index is 303. The molecule has 2 nitrogen and oxygen atoms in total. The molecule has 0 spiro atoms. The lowest BCUT2D eigenvalue weighted by Crippen LogP contribution is -2.13. The van der Waals surface area contributed by atoms with Crippen molar-refractivity contribution in [1.82, 2.24) is 0 Å². The lowest BCUT2D eigenvalue weighted by atomic mass is 10.0. The van der Waals surface area contributed by atoms with Gasteiger partial charge in [-0.2, -0.15) is 0 Å².